The molecular formula is C15H21BrN2O2. The number of primary amides is 1. The highest BCUT2D eigenvalue weighted by Crippen LogP contribution is 2.56. The van der Waals surface area contributed by atoms with Crippen LogP contribution in [0.1, 0.15) is 27.2 Å². The number of halogens is 1. The van der Waals surface area contributed by atoms with Gasteiger partial charge < -0.3 is 15.8 Å². The van der Waals surface area contributed by atoms with Crippen LogP contribution in [0.5, 0.6) is 0 Å². The monoisotopic (exact) mass is 340 g/mol. The number of ether oxygens (including phenoxy) is 1. The van der Waals surface area contributed by atoms with E-state index in [1.165, 1.54) is 0 Å². The molecule has 4 nitrogen and oxygen atoms in total. The molecule has 20 heavy (non-hydrogen) atoms. The van der Waals surface area contributed by atoms with Crippen molar-refractivity contribution in [2.75, 3.05) is 11.9 Å². The number of nitrogens with two attached hydrogens (primary N) is 1. The molecule has 1 saturated carbocycles. The first-order valence-electron chi connectivity index (χ1n) is 6.71. The quantitative estimate of drug-likeness (QED) is 0.876. The largest absolute Gasteiger partial charge is 0.441 e. The molecule has 1 aliphatic rings. The Morgan fingerprint density at radius 3 is 2.50 bits per heavy atom. The number of rotatable bonds is 4. The summed E-state index contributed by atoms with van der Waals surface area (Å²) in [5.41, 5.74) is 5.84. The lowest BCUT2D eigenvalue weighted by Gasteiger charge is -2.25. The topological polar surface area (TPSA) is 64.3 Å². The van der Waals surface area contributed by atoms with E-state index in [-0.39, 0.29) is 5.41 Å². The summed E-state index contributed by atoms with van der Waals surface area (Å²) in [7, 11) is 0. The maximum atomic E-state index is 11.1. The number of benzene rings is 1. The third-order valence-electron chi connectivity index (χ3n) is 3.81. The third-order valence-corrected chi connectivity index (χ3v) is 4.34. The molecule has 0 radical (unpaired) electrons. The number of carbonyl (C=O) groups excluding carboxylic acids is 1. The summed E-state index contributed by atoms with van der Waals surface area (Å²) in [6.45, 7) is 7.05. The number of hydrogen-bond acceptors (Lipinski definition) is 3. The van der Waals surface area contributed by atoms with Crippen molar-refractivity contribution in [2.24, 2.45) is 17.1 Å². The van der Waals surface area contributed by atoms with Gasteiger partial charge in [-0.25, -0.2) is 4.79 Å². The van der Waals surface area contributed by atoms with E-state index >= 15 is 0 Å². The second kappa shape index (κ2) is 5.28. The van der Waals surface area contributed by atoms with E-state index in [2.05, 4.69) is 42.0 Å². The lowest BCUT2D eigenvalue weighted by Crippen LogP contribution is -2.35. The van der Waals surface area contributed by atoms with E-state index in [4.69, 9.17) is 10.5 Å². The van der Waals surface area contributed by atoms with Crippen molar-refractivity contribution in [3.8, 4) is 0 Å². The highest BCUT2D eigenvalue weighted by molar-refractivity contribution is 9.10. The Kier molecular flexibility index (Phi) is 4.00. The summed E-state index contributed by atoms with van der Waals surface area (Å²) >= 11 is 3.40. The molecule has 1 fully saturated rings. The zero-order chi connectivity index (χ0) is 15.0. The van der Waals surface area contributed by atoms with Crippen LogP contribution in [0.3, 0.4) is 0 Å². The van der Waals surface area contributed by atoms with Gasteiger partial charge in [-0.05, 0) is 36.1 Å². The molecule has 0 bridgehead atoms. The summed E-state index contributed by atoms with van der Waals surface area (Å²) in [4.78, 5) is 11.1. The smallest absolute Gasteiger partial charge is 0.405 e. The Hall–Kier alpha value is -1.23. The van der Waals surface area contributed by atoms with E-state index in [1.54, 1.807) is 0 Å². The number of carbonyl (C=O) groups is 1. The van der Waals surface area contributed by atoms with Gasteiger partial charge in [0, 0.05) is 16.1 Å². The van der Waals surface area contributed by atoms with Gasteiger partial charge in [-0.1, -0.05) is 36.7 Å². The number of nitrogens with one attached hydrogen (secondary N) is 1. The van der Waals surface area contributed by atoms with Crippen LogP contribution in [0.25, 0.3) is 0 Å². The van der Waals surface area contributed by atoms with Gasteiger partial charge in [0.2, 0.25) is 0 Å². The van der Waals surface area contributed by atoms with Crippen molar-refractivity contribution in [3.05, 3.63) is 28.7 Å². The van der Waals surface area contributed by atoms with Gasteiger partial charge in [-0.2, -0.15) is 0 Å². The Morgan fingerprint density at radius 2 is 2.05 bits per heavy atom. The maximum absolute atomic E-state index is 11.1. The predicted molar refractivity (Wildman–Crippen MR) is 83.6 cm³/mol. The molecule has 0 aliphatic heterocycles. The number of hydrogen-bond donors (Lipinski definition) is 2. The van der Waals surface area contributed by atoms with Gasteiger partial charge in [-0.15, -0.1) is 0 Å². The predicted octanol–water partition coefficient (Wildman–Crippen LogP) is 3.76. The molecule has 2 rings (SSSR count). The standard InChI is InChI=1S/C15H21BrN2O2/c1-14(2,3)12-8-15(12,20-13(17)19)9-18-11-6-4-10(16)5-7-11/h4-7,12,18H,8-9H2,1-3H3,(H2,17,19). The lowest BCUT2D eigenvalue weighted by atomic mass is 9.88. The van der Waals surface area contributed by atoms with E-state index in [9.17, 15) is 4.79 Å². The van der Waals surface area contributed by atoms with Crippen LogP contribution >= 0.6 is 15.9 Å². The average molecular weight is 341 g/mol. The molecule has 1 aliphatic carbocycles. The van der Waals surface area contributed by atoms with Crippen LogP contribution in [0.4, 0.5) is 10.5 Å². The molecule has 1 aromatic carbocycles. The van der Waals surface area contributed by atoms with Crippen molar-refractivity contribution in [2.45, 2.75) is 32.8 Å². The minimum absolute atomic E-state index is 0.0941. The van der Waals surface area contributed by atoms with Gasteiger partial charge >= 0.3 is 6.09 Å². The van der Waals surface area contributed by atoms with Gasteiger partial charge in [0.05, 0.1) is 6.54 Å². The maximum Gasteiger partial charge on any atom is 0.405 e. The van der Waals surface area contributed by atoms with Crippen LogP contribution < -0.4 is 11.1 Å². The van der Waals surface area contributed by atoms with Crippen molar-refractivity contribution in [1.29, 1.82) is 0 Å². The molecule has 110 valence electrons. The summed E-state index contributed by atoms with van der Waals surface area (Å²) < 4.78 is 6.43. The molecule has 5 heteroatoms. The SMILES string of the molecule is CC(C)(C)C1CC1(CNc1ccc(Br)cc1)OC(N)=O. The van der Waals surface area contributed by atoms with Crippen LogP contribution in [-0.2, 0) is 4.74 Å². The zero-order valence-corrected chi connectivity index (χ0v) is 13.7. The summed E-state index contributed by atoms with van der Waals surface area (Å²) in [6.07, 6.45) is 0.150. The molecular weight excluding hydrogens is 320 g/mol. The Bertz CT molecular complexity index is 496. The second-order valence-electron chi connectivity index (χ2n) is 6.47. The van der Waals surface area contributed by atoms with Crippen LogP contribution in [0.15, 0.2) is 28.7 Å². The Labute approximate surface area is 128 Å². The van der Waals surface area contributed by atoms with Gasteiger partial charge in [0.15, 0.2) is 0 Å². The van der Waals surface area contributed by atoms with Crippen molar-refractivity contribution < 1.29 is 9.53 Å². The molecule has 2 unspecified atom stereocenters. The fraction of sp³-hybridized carbons (Fsp3) is 0.533. The third kappa shape index (κ3) is 3.45. The number of anilines is 1. The Balaban J connectivity index is 2.03. The van der Waals surface area contributed by atoms with Crippen LogP contribution in [-0.4, -0.2) is 18.2 Å². The molecule has 3 N–H and O–H groups in total. The van der Waals surface area contributed by atoms with Crippen molar-refractivity contribution in [1.82, 2.24) is 0 Å². The number of amides is 1. The first-order chi connectivity index (χ1) is 9.23. The second-order valence-corrected chi connectivity index (χ2v) is 7.38. The van der Waals surface area contributed by atoms with Gasteiger partial charge in [0.1, 0.15) is 5.60 Å². The molecule has 0 saturated heterocycles. The summed E-state index contributed by atoms with van der Waals surface area (Å²) in [5, 5.41) is 3.33. The first kappa shape index (κ1) is 15.2. The van der Waals surface area contributed by atoms with E-state index in [1.807, 2.05) is 24.3 Å². The minimum Gasteiger partial charge on any atom is -0.441 e. The van der Waals surface area contributed by atoms with Crippen molar-refractivity contribution >= 4 is 27.7 Å². The van der Waals surface area contributed by atoms with Crippen molar-refractivity contribution in [3.63, 3.8) is 0 Å². The minimum atomic E-state index is -0.700. The highest BCUT2D eigenvalue weighted by atomic mass is 79.9. The molecule has 0 aromatic heterocycles. The molecule has 0 heterocycles. The Morgan fingerprint density at radius 1 is 1.45 bits per heavy atom. The fourth-order valence-electron chi connectivity index (χ4n) is 2.75. The molecule has 0 spiro atoms. The summed E-state index contributed by atoms with van der Waals surface area (Å²) in [5.74, 6) is 0.324. The normalized spacial score (nSPS) is 25.1. The highest BCUT2D eigenvalue weighted by Gasteiger charge is 2.62. The van der Waals surface area contributed by atoms with Crippen LogP contribution in [0, 0.1) is 11.3 Å². The zero-order valence-electron chi connectivity index (χ0n) is 12.1. The van der Waals surface area contributed by atoms with Crippen LogP contribution in [0.2, 0.25) is 0 Å². The van der Waals surface area contributed by atoms with Gasteiger partial charge in [-0.3, -0.25) is 0 Å². The van der Waals surface area contributed by atoms with E-state index < -0.39 is 11.7 Å². The summed E-state index contributed by atoms with van der Waals surface area (Å²) in [6, 6.07) is 7.91. The first-order valence-corrected chi connectivity index (χ1v) is 7.50. The average Bonchev–Trinajstić information content (AvgIpc) is 3.02. The van der Waals surface area contributed by atoms with E-state index in [0.717, 1.165) is 16.6 Å². The van der Waals surface area contributed by atoms with Gasteiger partial charge in [0.25, 0.3) is 0 Å². The van der Waals surface area contributed by atoms with E-state index in [0.29, 0.717) is 12.5 Å². The molecule has 1 amide bonds. The molecule has 1 aromatic rings. The lowest BCUT2D eigenvalue weighted by molar-refractivity contribution is 0.0721. The molecule has 2 atom stereocenters. The fourth-order valence-corrected chi connectivity index (χ4v) is 3.01.